The number of aromatic amines is 1. The predicted molar refractivity (Wildman–Crippen MR) is 99.1 cm³/mol. The van der Waals surface area contributed by atoms with Crippen molar-refractivity contribution in [3.63, 3.8) is 0 Å². The lowest BCUT2D eigenvalue weighted by Gasteiger charge is -2.28. The molecule has 1 aliphatic carbocycles. The summed E-state index contributed by atoms with van der Waals surface area (Å²) >= 11 is 1.67. The Morgan fingerprint density at radius 2 is 2.20 bits per heavy atom. The molecule has 2 aromatic heterocycles. The summed E-state index contributed by atoms with van der Waals surface area (Å²) in [6.07, 6.45) is 6.24. The minimum absolute atomic E-state index is 0.204. The number of anilines is 1. The fourth-order valence-electron chi connectivity index (χ4n) is 3.24. The van der Waals surface area contributed by atoms with Gasteiger partial charge in [0.15, 0.2) is 6.23 Å². The van der Waals surface area contributed by atoms with Crippen molar-refractivity contribution in [3.8, 4) is 5.75 Å². The molecule has 0 fully saturated rings. The highest BCUT2D eigenvalue weighted by atomic mass is 32.1. The third kappa shape index (κ3) is 3.70. The molecule has 25 heavy (non-hydrogen) atoms. The summed E-state index contributed by atoms with van der Waals surface area (Å²) in [5.41, 5.74) is 3.64. The number of fused-ring (bicyclic) bond motifs is 1. The van der Waals surface area contributed by atoms with Crippen LogP contribution in [0.3, 0.4) is 0 Å². The predicted octanol–water partition coefficient (Wildman–Crippen LogP) is 3.36. The zero-order chi connectivity index (χ0) is 17.1. The lowest BCUT2D eigenvalue weighted by molar-refractivity contribution is 0.102. The van der Waals surface area contributed by atoms with E-state index >= 15 is 0 Å². The lowest BCUT2D eigenvalue weighted by Crippen LogP contribution is -2.38. The molecule has 0 saturated carbocycles. The van der Waals surface area contributed by atoms with E-state index in [-0.39, 0.29) is 6.61 Å². The molecule has 1 atom stereocenters. The van der Waals surface area contributed by atoms with Crippen molar-refractivity contribution in [2.24, 2.45) is 0 Å². The number of ether oxygens (including phenoxy) is 1. The summed E-state index contributed by atoms with van der Waals surface area (Å²) in [5, 5.41) is 19.5. The van der Waals surface area contributed by atoms with Gasteiger partial charge in [-0.2, -0.15) is 5.10 Å². The first-order valence-electron chi connectivity index (χ1n) is 8.50. The van der Waals surface area contributed by atoms with Gasteiger partial charge >= 0.3 is 0 Å². The normalized spacial score (nSPS) is 14.3. The van der Waals surface area contributed by atoms with Crippen LogP contribution in [0.5, 0.6) is 5.75 Å². The monoisotopic (exact) mass is 355 g/mol. The molecule has 0 amide bonds. The average Bonchev–Trinajstić information content (AvgIpc) is 3.39. The summed E-state index contributed by atoms with van der Waals surface area (Å²) in [6.45, 7) is 0.821. The van der Waals surface area contributed by atoms with Crippen LogP contribution in [0.4, 0.5) is 5.69 Å². The number of H-pyrrole nitrogens is 1. The molecular weight excluding hydrogens is 334 g/mol. The lowest BCUT2D eigenvalue weighted by atomic mass is 10.1. The minimum Gasteiger partial charge on any atom is -0.489 e. The van der Waals surface area contributed by atoms with Crippen LogP contribution < -0.4 is 9.64 Å². The molecule has 0 spiro atoms. The van der Waals surface area contributed by atoms with Crippen LogP contribution in [0, 0.1) is 0 Å². The Kier molecular flexibility index (Phi) is 4.72. The fraction of sp³-hybridized carbons (Fsp3) is 0.316. The van der Waals surface area contributed by atoms with Crippen LogP contribution in [0.1, 0.15) is 22.4 Å². The summed E-state index contributed by atoms with van der Waals surface area (Å²) < 4.78 is 5.87. The Balaban J connectivity index is 1.44. The van der Waals surface area contributed by atoms with Gasteiger partial charge in [-0.3, -0.25) is 5.10 Å². The maximum absolute atomic E-state index is 10.7. The van der Waals surface area contributed by atoms with Crippen LogP contribution in [0.25, 0.3) is 0 Å². The molecule has 3 aromatic rings. The highest BCUT2D eigenvalue weighted by Gasteiger charge is 2.19. The van der Waals surface area contributed by atoms with Crippen molar-refractivity contribution in [2.45, 2.75) is 32.0 Å². The molecular formula is C19H21N3O2S. The van der Waals surface area contributed by atoms with E-state index in [0.717, 1.165) is 24.3 Å². The molecule has 0 bridgehead atoms. The molecule has 0 saturated heterocycles. The zero-order valence-electron chi connectivity index (χ0n) is 13.9. The van der Waals surface area contributed by atoms with E-state index in [9.17, 15) is 5.11 Å². The van der Waals surface area contributed by atoms with Gasteiger partial charge in [-0.1, -0.05) is 12.1 Å². The third-order valence-corrected chi connectivity index (χ3v) is 5.41. The Morgan fingerprint density at radius 3 is 3.00 bits per heavy atom. The zero-order valence-corrected chi connectivity index (χ0v) is 14.7. The second kappa shape index (κ2) is 7.29. The van der Waals surface area contributed by atoms with Gasteiger partial charge in [0.2, 0.25) is 0 Å². The molecule has 6 heteroatoms. The molecule has 2 N–H and O–H groups in total. The number of nitrogens with one attached hydrogen (secondary N) is 1. The van der Waals surface area contributed by atoms with Gasteiger partial charge in [0.05, 0.1) is 18.4 Å². The summed E-state index contributed by atoms with van der Waals surface area (Å²) in [6, 6.07) is 10.3. The Morgan fingerprint density at radius 1 is 1.28 bits per heavy atom. The van der Waals surface area contributed by atoms with Gasteiger partial charge in [-0.25, -0.2) is 0 Å². The average molecular weight is 355 g/mol. The van der Waals surface area contributed by atoms with E-state index < -0.39 is 6.23 Å². The van der Waals surface area contributed by atoms with Gasteiger partial charge in [0, 0.05) is 11.1 Å². The number of aliphatic hydroxyl groups excluding tert-OH is 1. The topological polar surface area (TPSA) is 61.4 Å². The number of benzene rings is 1. The molecule has 5 nitrogen and oxygen atoms in total. The first-order valence-corrected chi connectivity index (χ1v) is 9.38. The van der Waals surface area contributed by atoms with Gasteiger partial charge in [0.25, 0.3) is 0 Å². The highest BCUT2D eigenvalue weighted by molar-refractivity contribution is 7.09. The number of rotatable bonds is 7. The second-order valence-corrected chi connectivity index (χ2v) is 7.27. The Hall–Kier alpha value is -2.31. The summed E-state index contributed by atoms with van der Waals surface area (Å²) in [5.74, 6) is 0.822. The fourth-order valence-corrected chi connectivity index (χ4v) is 3.94. The van der Waals surface area contributed by atoms with Crippen molar-refractivity contribution in [1.29, 1.82) is 0 Å². The first-order chi connectivity index (χ1) is 12.3. The van der Waals surface area contributed by atoms with Gasteiger partial charge in [0.1, 0.15) is 12.4 Å². The van der Waals surface area contributed by atoms with Crippen LogP contribution in [-0.4, -0.2) is 28.1 Å². The third-order valence-electron chi connectivity index (χ3n) is 4.55. The molecule has 130 valence electrons. The Labute approximate surface area is 150 Å². The number of aliphatic hydroxyl groups is 1. The molecule has 0 aliphatic heterocycles. The van der Waals surface area contributed by atoms with E-state index in [1.165, 1.54) is 22.4 Å². The molecule has 2 heterocycles. The van der Waals surface area contributed by atoms with Gasteiger partial charge < -0.3 is 14.7 Å². The van der Waals surface area contributed by atoms with E-state index in [2.05, 4.69) is 28.4 Å². The van der Waals surface area contributed by atoms with E-state index in [0.29, 0.717) is 6.54 Å². The molecule has 1 aromatic carbocycles. The standard InChI is InChI=1S/C19H21N3O2S/c23-19(13-24-17-7-6-14-3-1-4-15(14)9-17)22(16-10-20-21-11-16)12-18-5-2-8-25-18/h2,5-11,19,23H,1,3-4,12-13H2,(H,20,21). The quantitative estimate of drug-likeness (QED) is 0.638. The molecule has 1 aliphatic rings. The summed E-state index contributed by atoms with van der Waals surface area (Å²) in [7, 11) is 0. The van der Waals surface area contributed by atoms with Crippen LogP contribution in [0.15, 0.2) is 48.1 Å². The first kappa shape index (κ1) is 16.2. The van der Waals surface area contributed by atoms with E-state index in [4.69, 9.17) is 4.74 Å². The van der Waals surface area contributed by atoms with Gasteiger partial charge in [-0.05, 0) is 54.0 Å². The molecule has 0 radical (unpaired) electrons. The highest BCUT2D eigenvalue weighted by Crippen LogP contribution is 2.26. The molecule has 4 rings (SSSR count). The molecule has 1 unspecified atom stereocenters. The Bertz CT molecular complexity index is 802. The van der Waals surface area contributed by atoms with Crippen LogP contribution in [-0.2, 0) is 19.4 Å². The number of nitrogens with zero attached hydrogens (tertiary/aromatic N) is 2. The smallest absolute Gasteiger partial charge is 0.161 e. The summed E-state index contributed by atoms with van der Waals surface area (Å²) in [4.78, 5) is 3.07. The number of aromatic nitrogens is 2. The van der Waals surface area contributed by atoms with Crippen LogP contribution in [0.2, 0.25) is 0 Å². The van der Waals surface area contributed by atoms with Crippen LogP contribution >= 0.6 is 11.3 Å². The van der Waals surface area contributed by atoms with E-state index in [1.807, 2.05) is 22.4 Å². The maximum atomic E-state index is 10.7. The van der Waals surface area contributed by atoms with Crippen molar-refractivity contribution < 1.29 is 9.84 Å². The van der Waals surface area contributed by atoms with E-state index in [1.54, 1.807) is 23.7 Å². The second-order valence-electron chi connectivity index (χ2n) is 6.24. The minimum atomic E-state index is -0.757. The number of aryl methyl sites for hydroxylation is 2. The largest absolute Gasteiger partial charge is 0.489 e. The van der Waals surface area contributed by atoms with Crippen molar-refractivity contribution in [3.05, 3.63) is 64.1 Å². The van der Waals surface area contributed by atoms with Gasteiger partial charge in [-0.15, -0.1) is 11.3 Å². The SMILES string of the molecule is OC(COc1ccc2c(c1)CCC2)N(Cc1cccs1)c1cn[nH]c1. The maximum Gasteiger partial charge on any atom is 0.161 e. The number of hydrogen-bond acceptors (Lipinski definition) is 5. The number of hydrogen-bond donors (Lipinski definition) is 2. The van der Waals surface area contributed by atoms with Crippen molar-refractivity contribution in [1.82, 2.24) is 10.2 Å². The van der Waals surface area contributed by atoms with Crippen molar-refractivity contribution >= 4 is 17.0 Å². The number of thiophene rings is 1. The van der Waals surface area contributed by atoms with Crippen molar-refractivity contribution in [2.75, 3.05) is 11.5 Å².